The van der Waals surface area contributed by atoms with Crippen molar-refractivity contribution in [3.8, 4) is 0 Å². The third-order valence-electron chi connectivity index (χ3n) is 6.01. The van der Waals surface area contributed by atoms with Crippen molar-refractivity contribution in [2.24, 2.45) is 0 Å². The first kappa shape index (κ1) is 16.1. The molecule has 5 heteroatoms. The van der Waals surface area contributed by atoms with E-state index >= 15 is 0 Å². The molecule has 1 atom stereocenters. The standard InChI is InChI=1S/C19H26N2O3/c1-13-14(4-5-15-16(13)11-24-18(15)23)17(22)10-21-9-8-20-19(12-21)6-2-3-7-19/h4-5,17,20,22H,2-3,6-12H2,1H3/t17-/m0/s1. The Labute approximate surface area is 143 Å². The van der Waals surface area contributed by atoms with E-state index in [4.69, 9.17) is 4.74 Å². The molecule has 1 aromatic carbocycles. The van der Waals surface area contributed by atoms with E-state index in [2.05, 4.69) is 10.2 Å². The summed E-state index contributed by atoms with van der Waals surface area (Å²) in [6.07, 6.45) is 4.58. The molecule has 0 aromatic heterocycles. The zero-order valence-corrected chi connectivity index (χ0v) is 14.3. The molecule has 1 spiro atoms. The monoisotopic (exact) mass is 330 g/mol. The van der Waals surface area contributed by atoms with E-state index in [0.717, 1.165) is 36.3 Å². The number of nitrogens with one attached hydrogen (secondary N) is 1. The van der Waals surface area contributed by atoms with E-state index in [0.29, 0.717) is 18.7 Å². The Balaban J connectivity index is 1.48. The summed E-state index contributed by atoms with van der Waals surface area (Å²) < 4.78 is 5.11. The molecule has 0 unspecified atom stereocenters. The molecule has 1 aromatic rings. The van der Waals surface area contributed by atoms with Gasteiger partial charge in [0.25, 0.3) is 0 Å². The van der Waals surface area contributed by atoms with Crippen molar-refractivity contribution in [3.63, 3.8) is 0 Å². The van der Waals surface area contributed by atoms with E-state index in [-0.39, 0.29) is 11.5 Å². The summed E-state index contributed by atoms with van der Waals surface area (Å²) in [5, 5.41) is 14.5. The smallest absolute Gasteiger partial charge is 0.338 e. The van der Waals surface area contributed by atoms with Gasteiger partial charge in [0.1, 0.15) is 6.61 Å². The van der Waals surface area contributed by atoms with Crippen LogP contribution in [0.5, 0.6) is 0 Å². The molecular formula is C19H26N2O3. The SMILES string of the molecule is Cc1c([C@@H](O)CN2CCNC3(CCCC3)C2)ccc2c1COC2=O. The first-order chi connectivity index (χ1) is 11.6. The van der Waals surface area contributed by atoms with Crippen LogP contribution in [0.2, 0.25) is 0 Å². The van der Waals surface area contributed by atoms with Crippen LogP contribution in [-0.2, 0) is 11.3 Å². The average Bonchev–Trinajstić information content (AvgIpc) is 3.16. The largest absolute Gasteiger partial charge is 0.457 e. The molecule has 3 aliphatic rings. The quantitative estimate of drug-likeness (QED) is 0.829. The molecule has 1 saturated carbocycles. The van der Waals surface area contributed by atoms with E-state index in [1.165, 1.54) is 25.7 Å². The fourth-order valence-electron chi connectivity index (χ4n) is 4.66. The van der Waals surface area contributed by atoms with Crippen molar-refractivity contribution in [2.75, 3.05) is 26.2 Å². The summed E-state index contributed by atoms with van der Waals surface area (Å²) in [7, 11) is 0. The van der Waals surface area contributed by atoms with E-state index in [9.17, 15) is 9.90 Å². The second-order valence-electron chi connectivity index (χ2n) is 7.55. The summed E-state index contributed by atoms with van der Waals surface area (Å²) in [6.45, 7) is 5.96. The number of cyclic esters (lactones) is 1. The maximum atomic E-state index is 11.7. The third-order valence-corrected chi connectivity index (χ3v) is 6.01. The van der Waals surface area contributed by atoms with Crippen molar-refractivity contribution in [2.45, 2.75) is 50.9 Å². The summed E-state index contributed by atoms with van der Waals surface area (Å²) in [5.74, 6) is -0.251. The van der Waals surface area contributed by atoms with Crippen LogP contribution in [0, 0.1) is 6.92 Å². The Morgan fingerprint density at radius 1 is 1.38 bits per heavy atom. The van der Waals surface area contributed by atoms with Gasteiger partial charge in [-0.1, -0.05) is 18.9 Å². The topological polar surface area (TPSA) is 61.8 Å². The van der Waals surface area contributed by atoms with Crippen LogP contribution in [0.3, 0.4) is 0 Å². The Hall–Kier alpha value is -1.43. The maximum Gasteiger partial charge on any atom is 0.338 e. The minimum absolute atomic E-state index is 0.251. The van der Waals surface area contributed by atoms with Crippen molar-refractivity contribution in [1.82, 2.24) is 10.2 Å². The van der Waals surface area contributed by atoms with Gasteiger partial charge >= 0.3 is 5.97 Å². The number of carbonyl (C=O) groups is 1. The Bertz CT molecular complexity index is 652. The number of ether oxygens (including phenoxy) is 1. The van der Waals surface area contributed by atoms with Gasteiger partial charge in [0.05, 0.1) is 11.7 Å². The molecule has 130 valence electrons. The van der Waals surface area contributed by atoms with Gasteiger partial charge in [-0.25, -0.2) is 4.79 Å². The highest BCUT2D eigenvalue weighted by atomic mass is 16.5. The number of esters is 1. The minimum Gasteiger partial charge on any atom is -0.457 e. The molecule has 4 rings (SSSR count). The van der Waals surface area contributed by atoms with Crippen molar-refractivity contribution in [1.29, 1.82) is 0 Å². The lowest BCUT2D eigenvalue weighted by molar-refractivity contribution is 0.0535. The minimum atomic E-state index is -0.525. The van der Waals surface area contributed by atoms with E-state index in [1.807, 2.05) is 13.0 Å². The number of piperazine rings is 1. The van der Waals surface area contributed by atoms with Crippen molar-refractivity contribution < 1.29 is 14.6 Å². The highest BCUT2D eigenvalue weighted by Crippen LogP contribution is 2.33. The lowest BCUT2D eigenvalue weighted by Gasteiger charge is -2.42. The van der Waals surface area contributed by atoms with Gasteiger partial charge in [0, 0.05) is 37.3 Å². The van der Waals surface area contributed by atoms with E-state index in [1.54, 1.807) is 6.07 Å². The number of fused-ring (bicyclic) bond motifs is 1. The summed E-state index contributed by atoms with van der Waals surface area (Å²) in [5.41, 5.74) is 3.77. The number of hydrogen-bond donors (Lipinski definition) is 2. The van der Waals surface area contributed by atoms with Gasteiger partial charge in [-0.15, -0.1) is 0 Å². The van der Waals surface area contributed by atoms with Gasteiger partial charge in [0.15, 0.2) is 0 Å². The second-order valence-corrected chi connectivity index (χ2v) is 7.55. The zero-order valence-electron chi connectivity index (χ0n) is 14.3. The molecule has 0 bridgehead atoms. The number of hydrogen-bond acceptors (Lipinski definition) is 5. The lowest BCUT2D eigenvalue weighted by Crippen LogP contribution is -2.59. The number of rotatable bonds is 3. The van der Waals surface area contributed by atoms with Gasteiger partial charge in [-0.3, -0.25) is 4.90 Å². The first-order valence-corrected chi connectivity index (χ1v) is 9.03. The van der Waals surface area contributed by atoms with Crippen LogP contribution >= 0.6 is 0 Å². The van der Waals surface area contributed by atoms with Crippen LogP contribution in [0.25, 0.3) is 0 Å². The normalized spacial score (nSPS) is 24.2. The van der Waals surface area contributed by atoms with Crippen LogP contribution in [0.15, 0.2) is 12.1 Å². The second kappa shape index (κ2) is 6.14. The molecule has 2 aliphatic heterocycles. The van der Waals surface area contributed by atoms with E-state index < -0.39 is 6.10 Å². The molecule has 2 N–H and O–H groups in total. The molecule has 0 radical (unpaired) electrons. The fraction of sp³-hybridized carbons (Fsp3) is 0.632. The van der Waals surface area contributed by atoms with Gasteiger partial charge in [-0.2, -0.15) is 0 Å². The number of carbonyl (C=O) groups excluding carboxylic acids is 1. The Kier molecular flexibility index (Phi) is 4.11. The molecular weight excluding hydrogens is 304 g/mol. The fourth-order valence-corrected chi connectivity index (χ4v) is 4.66. The first-order valence-electron chi connectivity index (χ1n) is 9.03. The highest BCUT2D eigenvalue weighted by Gasteiger charge is 2.38. The van der Waals surface area contributed by atoms with Gasteiger partial charge in [-0.05, 0) is 37.0 Å². The number of aliphatic hydroxyl groups excluding tert-OH is 1. The molecule has 2 fully saturated rings. The lowest BCUT2D eigenvalue weighted by atomic mass is 9.92. The third kappa shape index (κ3) is 2.75. The summed E-state index contributed by atoms with van der Waals surface area (Å²) in [4.78, 5) is 14.0. The predicted molar refractivity (Wildman–Crippen MR) is 90.9 cm³/mol. The summed E-state index contributed by atoms with van der Waals surface area (Å²) >= 11 is 0. The Morgan fingerprint density at radius 3 is 2.96 bits per heavy atom. The molecule has 5 nitrogen and oxygen atoms in total. The zero-order chi connectivity index (χ0) is 16.7. The molecule has 1 aliphatic carbocycles. The average molecular weight is 330 g/mol. The molecule has 0 amide bonds. The van der Waals surface area contributed by atoms with Crippen LogP contribution < -0.4 is 5.32 Å². The van der Waals surface area contributed by atoms with Gasteiger partial charge in [0.2, 0.25) is 0 Å². The molecule has 1 saturated heterocycles. The van der Waals surface area contributed by atoms with Crippen LogP contribution in [-0.4, -0.2) is 47.7 Å². The number of aliphatic hydroxyl groups is 1. The van der Waals surface area contributed by atoms with Crippen molar-refractivity contribution >= 4 is 5.97 Å². The number of β-amino-alcohol motifs (C(OH)–C–C–N with tert-alkyl or cyclic N) is 1. The number of nitrogens with zero attached hydrogens (tertiary/aromatic N) is 1. The van der Waals surface area contributed by atoms with Crippen LogP contribution in [0.1, 0.15) is 58.8 Å². The van der Waals surface area contributed by atoms with Crippen LogP contribution in [0.4, 0.5) is 0 Å². The number of benzene rings is 1. The van der Waals surface area contributed by atoms with Gasteiger partial charge < -0.3 is 15.2 Å². The Morgan fingerprint density at radius 2 is 2.17 bits per heavy atom. The maximum absolute atomic E-state index is 11.7. The summed E-state index contributed by atoms with van der Waals surface area (Å²) in [6, 6.07) is 3.69. The highest BCUT2D eigenvalue weighted by molar-refractivity contribution is 5.93. The molecule has 24 heavy (non-hydrogen) atoms. The van der Waals surface area contributed by atoms with Crippen molar-refractivity contribution in [3.05, 3.63) is 34.4 Å². The predicted octanol–water partition coefficient (Wildman–Crippen LogP) is 1.92. The molecule has 2 heterocycles.